The number of carbonyl (C=O) groups is 1. The van der Waals surface area contributed by atoms with Crippen LogP contribution in [0.25, 0.3) is 0 Å². The highest BCUT2D eigenvalue weighted by Crippen LogP contribution is 2.27. The maximum absolute atomic E-state index is 12.1. The molecule has 0 aromatic heterocycles. The van der Waals surface area contributed by atoms with Crippen molar-refractivity contribution in [2.75, 3.05) is 31.6 Å². The zero-order chi connectivity index (χ0) is 14.7. The molecule has 1 amide bonds. The van der Waals surface area contributed by atoms with Gasteiger partial charge < -0.3 is 10.4 Å². The molecule has 1 heterocycles. The fourth-order valence-corrected chi connectivity index (χ4v) is 3.03. The average molecular weight is 297 g/mol. The molecule has 1 fully saturated rings. The Balaban J connectivity index is 1.95. The van der Waals surface area contributed by atoms with Crippen LogP contribution in [0.4, 0.5) is 5.69 Å². The Morgan fingerprint density at radius 1 is 1.50 bits per heavy atom. The predicted octanol–water partition coefficient (Wildman–Crippen LogP) is 2.21. The highest BCUT2D eigenvalue weighted by Gasteiger charge is 2.23. The standard InChI is InChI=1S/C15H21ClN2O2/c1-10-5-11(2)15(13(16)6-10)17-14(20)8-18-4-3-12(7-18)9-19/h5-6,12,19H,3-4,7-9H2,1-2H3,(H,17,20). The number of nitrogens with zero attached hydrogens (tertiary/aromatic N) is 1. The Hall–Kier alpha value is -1.10. The number of aryl methyl sites for hydroxylation is 2. The van der Waals surface area contributed by atoms with E-state index in [9.17, 15) is 4.79 Å². The van der Waals surface area contributed by atoms with Crippen LogP contribution >= 0.6 is 11.6 Å². The number of benzene rings is 1. The molecule has 0 saturated carbocycles. The van der Waals surface area contributed by atoms with Crippen LogP contribution in [0.2, 0.25) is 5.02 Å². The number of amides is 1. The van der Waals surface area contributed by atoms with Crippen molar-refractivity contribution < 1.29 is 9.90 Å². The molecule has 1 unspecified atom stereocenters. The normalized spacial score (nSPS) is 19.3. The molecule has 1 aliphatic rings. The van der Waals surface area contributed by atoms with Crippen LogP contribution in [0.3, 0.4) is 0 Å². The lowest BCUT2D eigenvalue weighted by atomic mass is 10.1. The minimum absolute atomic E-state index is 0.0579. The third kappa shape index (κ3) is 3.72. The van der Waals surface area contributed by atoms with Gasteiger partial charge in [0.2, 0.25) is 5.91 Å². The van der Waals surface area contributed by atoms with Crippen molar-refractivity contribution in [2.45, 2.75) is 20.3 Å². The number of hydrogen-bond donors (Lipinski definition) is 2. The summed E-state index contributed by atoms with van der Waals surface area (Å²) in [5.74, 6) is 0.241. The summed E-state index contributed by atoms with van der Waals surface area (Å²) in [5, 5.41) is 12.6. The first-order valence-corrected chi connectivity index (χ1v) is 7.27. The number of halogens is 1. The summed E-state index contributed by atoms with van der Waals surface area (Å²) >= 11 is 6.18. The summed E-state index contributed by atoms with van der Waals surface area (Å²) < 4.78 is 0. The lowest BCUT2D eigenvalue weighted by molar-refractivity contribution is -0.117. The van der Waals surface area contributed by atoms with E-state index in [1.165, 1.54) is 0 Å². The molecule has 0 radical (unpaired) electrons. The molecular weight excluding hydrogens is 276 g/mol. The second-order valence-corrected chi connectivity index (χ2v) is 5.97. The molecule has 1 atom stereocenters. The van der Waals surface area contributed by atoms with Crippen molar-refractivity contribution in [1.82, 2.24) is 4.90 Å². The molecule has 1 aromatic rings. The Bertz CT molecular complexity index is 482. The van der Waals surface area contributed by atoms with E-state index in [0.29, 0.717) is 23.2 Å². The molecule has 0 spiro atoms. The molecule has 110 valence electrons. The molecule has 1 aromatic carbocycles. The molecule has 0 aliphatic carbocycles. The van der Waals surface area contributed by atoms with E-state index in [1.807, 2.05) is 26.0 Å². The first kappa shape index (κ1) is 15.3. The van der Waals surface area contributed by atoms with Crippen molar-refractivity contribution in [3.05, 3.63) is 28.3 Å². The molecule has 5 heteroatoms. The zero-order valence-corrected chi connectivity index (χ0v) is 12.7. The zero-order valence-electron chi connectivity index (χ0n) is 11.9. The molecule has 20 heavy (non-hydrogen) atoms. The fraction of sp³-hybridized carbons (Fsp3) is 0.533. The lowest BCUT2D eigenvalue weighted by Gasteiger charge is -2.17. The molecule has 0 bridgehead atoms. The van der Waals surface area contributed by atoms with Crippen LogP contribution in [0.1, 0.15) is 17.5 Å². The molecule has 4 nitrogen and oxygen atoms in total. The van der Waals surface area contributed by atoms with Crippen molar-refractivity contribution in [3.63, 3.8) is 0 Å². The molecule has 1 aliphatic heterocycles. The van der Waals surface area contributed by atoms with Crippen LogP contribution in [0.15, 0.2) is 12.1 Å². The van der Waals surface area contributed by atoms with Gasteiger partial charge in [-0.1, -0.05) is 17.7 Å². The highest BCUT2D eigenvalue weighted by atomic mass is 35.5. The maximum Gasteiger partial charge on any atom is 0.238 e. The van der Waals surface area contributed by atoms with Crippen molar-refractivity contribution in [1.29, 1.82) is 0 Å². The van der Waals surface area contributed by atoms with Crippen molar-refractivity contribution in [3.8, 4) is 0 Å². The second-order valence-electron chi connectivity index (χ2n) is 5.56. The van der Waals surface area contributed by atoms with Gasteiger partial charge in [-0.3, -0.25) is 9.69 Å². The van der Waals surface area contributed by atoms with Gasteiger partial charge in [0.25, 0.3) is 0 Å². The summed E-state index contributed by atoms with van der Waals surface area (Å²) in [6.07, 6.45) is 0.952. The fourth-order valence-electron chi connectivity index (χ4n) is 2.66. The van der Waals surface area contributed by atoms with Gasteiger partial charge >= 0.3 is 0 Å². The Morgan fingerprint density at radius 2 is 2.25 bits per heavy atom. The number of likely N-dealkylation sites (tertiary alicyclic amines) is 1. The number of aliphatic hydroxyl groups is 1. The first-order chi connectivity index (χ1) is 9.49. The van der Waals surface area contributed by atoms with Crippen molar-refractivity contribution in [2.24, 2.45) is 5.92 Å². The van der Waals surface area contributed by atoms with Gasteiger partial charge in [0.1, 0.15) is 0 Å². The van der Waals surface area contributed by atoms with E-state index in [-0.39, 0.29) is 12.5 Å². The van der Waals surface area contributed by atoms with Crippen molar-refractivity contribution >= 4 is 23.2 Å². The minimum Gasteiger partial charge on any atom is -0.396 e. The van der Waals surface area contributed by atoms with Crippen LogP contribution in [-0.4, -0.2) is 42.2 Å². The number of aliphatic hydroxyl groups excluding tert-OH is 1. The van der Waals surface area contributed by atoms with Crippen LogP contribution < -0.4 is 5.32 Å². The van der Waals surface area contributed by atoms with Crippen LogP contribution in [0.5, 0.6) is 0 Å². The van der Waals surface area contributed by atoms with E-state index in [0.717, 1.165) is 30.6 Å². The van der Waals surface area contributed by atoms with Gasteiger partial charge in [-0.2, -0.15) is 0 Å². The van der Waals surface area contributed by atoms with Gasteiger partial charge in [-0.15, -0.1) is 0 Å². The van der Waals surface area contributed by atoms with Gasteiger partial charge in [-0.25, -0.2) is 0 Å². The van der Waals surface area contributed by atoms with Gasteiger partial charge in [-0.05, 0) is 49.9 Å². The number of anilines is 1. The predicted molar refractivity (Wildman–Crippen MR) is 81.2 cm³/mol. The summed E-state index contributed by atoms with van der Waals surface area (Å²) in [7, 11) is 0. The smallest absolute Gasteiger partial charge is 0.238 e. The van der Waals surface area contributed by atoms with E-state index in [1.54, 1.807) is 0 Å². The van der Waals surface area contributed by atoms with E-state index < -0.39 is 0 Å². The monoisotopic (exact) mass is 296 g/mol. The first-order valence-electron chi connectivity index (χ1n) is 6.89. The van der Waals surface area contributed by atoms with E-state index in [2.05, 4.69) is 10.2 Å². The molecule has 2 rings (SSSR count). The summed E-state index contributed by atoms with van der Waals surface area (Å²) in [4.78, 5) is 14.1. The average Bonchev–Trinajstić information content (AvgIpc) is 2.81. The number of carbonyl (C=O) groups excluding carboxylic acids is 1. The van der Waals surface area contributed by atoms with Crippen LogP contribution in [0, 0.1) is 19.8 Å². The van der Waals surface area contributed by atoms with E-state index in [4.69, 9.17) is 16.7 Å². The Morgan fingerprint density at radius 3 is 2.85 bits per heavy atom. The SMILES string of the molecule is Cc1cc(C)c(NC(=O)CN2CCC(CO)C2)c(Cl)c1. The second kappa shape index (κ2) is 6.57. The third-order valence-corrected chi connectivity index (χ3v) is 3.99. The number of nitrogens with one attached hydrogen (secondary N) is 1. The van der Waals surface area contributed by atoms with Gasteiger partial charge in [0, 0.05) is 13.2 Å². The Labute approximate surface area is 124 Å². The molecule has 2 N–H and O–H groups in total. The molecular formula is C15H21ClN2O2. The molecule has 1 saturated heterocycles. The number of hydrogen-bond acceptors (Lipinski definition) is 3. The maximum atomic E-state index is 12.1. The third-order valence-electron chi connectivity index (χ3n) is 3.69. The van der Waals surface area contributed by atoms with Gasteiger partial charge in [0.15, 0.2) is 0 Å². The van der Waals surface area contributed by atoms with E-state index >= 15 is 0 Å². The van der Waals surface area contributed by atoms with Gasteiger partial charge in [0.05, 0.1) is 17.3 Å². The topological polar surface area (TPSA) is 52.6 Å². The lowest BCUT2D eigenvalue weighted by Crippen LogP contribution is -2.32. The number of rotatable bonds is 4. The quantitative estimate of drug-likeness (QED) is 0.896. The summed E-state index contributed by atoms with van der Waals surface area (Å²) in [6, 6.07) is 3.85. The largest absolute Gasteiger partial charge is 0.396 e. The van der Waals surface area contributed by atoms with Crippen LogP contribution in [-0.2, 0) is 4.79 Å². The minimum atomic E-state index is -0.0579. The highest BCUT2D eigenvalue weighted by molar-refractivity contribution is 6.34. The summed E-state index contributed by atoms with van der Waals surface area (Å²) in [5.41, 5.74) is 2.74. The Kier molecular flexibility index (Phi) is 5.02. The summed E-state index contributed by atoms with van der Waals surface area (Å²) in [6.45, 7) is 6.10.